The maximum absolute atomic E-state index is 12.5. The lowest BCUT2D eigenvalue weighted by atomic mass is 9.80. The molecule has 1 aliphatic rings. The number of carbonyl (C=O) groups excluding carboxylic acids is 3. The number of esters is 2. The first-order chi connectivity index (χ1) is 12.0. The number of methoxy groups -OCH3 is 2. The molecule has 5 heteroatoms. The van der Waals surface area contributed by atoms with E-state index in [9.17, 15) is 14.4 Å². The van der Waals surface area contributed by atoms with Crippen molar-refractivity contribution in [2.45, 2.75) is 32.6 Å². The standard InChI is InChI=1S/C20H20O5/c1-11(21)10-15-13-8-4-6-12-7-5-9-14(16(12)13)17(19(22)24-2)18(15)20(23)25-3/h4,6,8H,5,7,9-10H2,1-3H3. The van der Waals surface area contributed by atoms with Gasteiger partial charge in [-0.05, 0) is 53.6 Å². The minimum Gasteiger partial charge on any atom is -0.465 e. The molecular weight excluding hydrogens is 320 g/mol. The van der Waals surface area contributed by atoms with Crippen LogP contribution in [0.15, 0.2) is 18.2 Å². The van der Waals surface area contributed by atoms with E-state index < -0.39 is 11.9 Å². The molecule has 0 spiro atoms. The van der Waals surface area contributed by atoms with Crippen LogP contribution in [0.1, 0.15) is 50.8 Å². The van der Waals surface area contributed by atoms with Crippen molar-refractivity contribution in [1.82, 2.24) is 0 Å². The average molecular weight is 340 g/mol. The monoisotopic (exact) mass is 340 g/mol. The summed E-state index contributed by atoms with van der Waals surface area (Å²) in [5, 5.41) is 1.81. The van der Waals surface area contributed by atoms with Gasteiger partial charge in [0.25, 0.3) is 0 Å². The number of Topliss-reactive ketones (excluding diaryl/α,β-unsaturated/α-hetero) is 1. The van der Waals surface area contributed by atoms with E-state index in [1.54, 1.807) is 0 Å². The molecule has 0 fully saturated rings. The average Bonchev–Trinajstić information content (AvgIpc) is 2.62. The molecule has 0 saturated heterocycles. The third-order valence-electron chi connectivity index (χ3n) is 4.71. The zero-order valence-electron chi connectivity index (χ0n) is 14.6. The first kappa shape index (κ1) is 17.1. The lowest BCUT2D eigenvalue weighted by Crippen LogP contribution is -2.21. The number of aryl methyl sites for hydroxylation is 2. The van der Waals surface area contributed by atoms with Crippen LogP contribution < -0.4 is 0 Å². The van der Waals surface area contributed by atoms with Crippen LogP contribution >= 0.6 is 0 Å². The van der Waals surface area contributed by atoms with Crippen molar-refractivity contribution < 1.29 is 23.9 Å². The molecule has 0 atom stereocenters. The van der Waals surface area contributed by atoms with E-state index in [0.29, 0.717) is 12.0 Å². The number of hydrogen-bond acceptors (Lipinski definition) is 5. The van der Waals surface area contributed by atoms with Gasteiger partial charge in [-0.25, -0.2) is 9.59 Å². The second-order valence-corrected chi connectivity index (χ2v) is 6.26. The number of carbonyl (C=O) groups is 3. The van der Waals surface area contributed by atoms with Gasteiger partial charge in [-0.3, -0.25) is 4.79 Å². The molecule has 3 rings (SSSR count). The fourth-order valence-corrected chi connectivity index (χ4v) is 3.77. The van der Waals surface area contributed by atoms with Crippen molar-refractivity contribution in [3.05, 3.63) is 46.0 Å². The summed E-state index contributed by atoms with van der Waals surface area (Å²) in [6.45, 7) is 1.47. The molecule has 2 aromatic rings. The summed E-state index contributed by atoms with van der Waals surface area (Å²) < 4.78 is 9.89. The molecule has 0 radical (unpaired) electrons. The molecule has 0 bridgehead atoms. The molecule has 2 aromatic carbocycles. The Morgan fingerprint density at radius 2 is 1.68 bits per heavy atom. The van der Waals surface area contributed by atoms with Gasteiger partial charge < -0.3 is 9.47 Å². The van der Waals surface area contributed by atoms with Gasteiger partial charge >= 0.3 is 11.9 Å². The predicted octanol–water partition coefficient (Wildman–Crippen LogP) is 3.03. The zero-order valence-corrected chi connectivity index (χ0v) is 14.6. The molecule has 0 heterocycles. The quantitative estimate of drug-likeness (QED) is 0.800. The smallest absolute Gasteiger partial charge is 0.339 e. The van der Waals surface area contributed by atoms with E-state index in [-0.39, 0.29) is 23.3 Å². The molecule has 0 aromatic heterocycles. The number of ketones is 1. The maximum atomic E-state index is 12.5. The minimum absolute atomic E-state index is 0.0641. The van der Waals surface area contributed by atoms with Gasteiger partial charge in [0.2, 0.25) is 0 Å². The van der Waals surface area contributed by atoms with Gasteiger partial charge in [0.15, 0.2) is 0 Å². The van der Waals surface area contributed by atoms with Crippen molar-refractivity contribution in [3.63, 3.8) is 0 Å². The van der Waals surface area contributed by atoms with Crippen LogP contribution in [-0.2, 0) is 33.5 Å². The van der Waals surface area contributed by atoms with E-state index in [2.05, 4.69) is 0 Å². The fraction of sp³-hybridized carbons (Fsp3) is 0.350. The number of ether oxygens (including phenoxy) is 2. The highest BCUT2D eigenvalue weighted by molar-refractivity contribution is 6.13. The Labute approximate surface area is 145 Å². The summed E-state index contributed by atoms with van der Waals surface area (Å²) in [5.41, 5.74) is 2.89. The summed E-state index contributed by atoms with van der Waals surface area (Å²) >= 11 is 0. The second kappa shape index (κ2) is 6.67. The Morgan fingerprint density at radius 1 is 1.00 bits per heavy atom. The van der Waals surface area contributed by atoms with Crippen molar-refractivity contribution in [2.75, 3.05) is 14.2 Å². The maximum Gasteiger partial charge on any atom is 0.339 e. The first-order valence-corrected chi connectivity index (χ1v) is 8.25. The van der Waals surface area contributed by atoms with Gasteiger partial charge in [-0.15, -0.1) is 0 Å². The minimum atomic E-state index is -0.620. The zero-order chi connectivity index (χ0) is 18.1. The van der Waals surface area contributed by atoms with Gasteiger partial charge in [-0.1, -0.05) is 18.2 Å². The second-order valence-electron chi connectivity index (χ2n) is 6.26. The predicted molar refractivity (Wildman–Crippen MR) is 93.0 cm³/mol. The van der Waals surface area contributed by atoms with Gasteiger partial charge in [-0.2, -0.15) is 0 Å². The SMILES string of the molecule is COC(=O)c1c(C(=O)OC)c2c3c(cccc3c1CC(C)=O)CCC2. The highest BCUT2D eigenvalue weighted by atomic mass is 16.5. The normalized spacial score (nSPS) is 12.8. The molecule has 0 N–H and O–H groups in total. The molecule has 0 unspecified atom stereocenters. The van der Waals surface area contributed by atoms with Crippen molar-refractivity contribution in [1.29, 1.82) is 0 Å². The van der Waals surface area contributed by atoms with Crippen molar-refractivity contribution >= 4 is 28.5 Å². The van der Waals surface area contributed by atoms with Crippen LogP contribution in [0.2, 0.25) is 0 Å². The topological polar surface area (TPSA) is 69.7 Å². The van der Waals surface area contributed by atoms with E-state index in [1.165, 1.54) is 21.1 Å². The van der Waals surface area contributed by atoms with Crippen LogP contribution in [0.25, 0.3) is 10.8 Å². The molecule has 0 amide bonds. The van der Waals surface area contributed by atoms with Crippen LogP contribution in [0, 0.1) is 0 Å². The fourth-order valence-electron chi connectivity index (χ4n) is 3.77. The molecule has 5 nitrogen and oxygen atoms in total. The van der Waals surface area contributed by atoms with E-state index >= 15 is 0 Å². The summed E-state index contributed by atoms with van der Waals surface area (Å²) in [5.74, 6) is -1.28. The Kier molecular flexibility index (Phi) is 4.57. The van der Waals surface area contributed by atoms with Gasteiger partial charge in [0, 0.05) is 6.42 Å². The number of benzene rings is 2. The van der Waals surface area contributed by atoms with Crippen LogP contribution in [-0.4, -0.2) is 31.9 Å². The van der Waals surface area contributed by atoms with Crippen molar-refractivity contribution in [2.24, 2.45) is 0 Å². The number of rotatable bonds is 4. The Bertz CT molecular complexity index is 895. The van der Waals surface area contributed by atoms with Crippen LogP contribution in [0.3, 0.4) is 0 Å². The lowest BCUT2D eigenvalue weighted by Gasteiger charge is -2.24. The van der Waals surface area contributed by atoms with E-state index in [1.807, 2.05) is 18.2 Å². The molecular formula is C20H20O5. The molecule has 25 heavy (non-hydrogen) atoms. The highest BCUT2D eigenvalue weighted by Crippen LogP contribution is 2.38. The molecule has 1 aliphatic carbocycles. The Morgan fingerprint density at radius 3 is 2.32 bits per heavy atom. The van der Waals surface area contributed by atoms with Gasteiger partial charge in [0.05, 0.1) is 25.3 Å². The molecule has 130 valence electrons. The van der Waals surface area contributed by atoms with Gasteiger partial charge in [0.1, 0.15) is 5.78 Å². The summed E-state index contributed by atoms with van der Waals surface area (Å²) in [6, 6.07) is 5.86. The first-order valence-electron chi connectivity index (χ1n) is 8.25. The lowest BCUT2D eigenvalue weighted by molar-refractivity contribution is -0.116. The summed E-state index contributed by atoms with van der Waals surface area (Å²) in [7, 11) is 2.56. The Hall–Kier alpha value is -2.69. The molecule has 0 saturated carbocycles. The van der Waals surface area contributed by atoms with Crippen LogP contribution in [0.5, 0.6) is 0 Å². The van der Waals surface area contributed by atoms with E-state index in [4.69, 9.17) is 9.47 Å². The van der Waals surface area contributed by atoms with E-state index in [0.717, 1.165) is 34.7 Å². The van der Waals surface area contributed by atoms with Crippen molar-refractivity contribution in [3.8, 4) is 0 Å². The summed E-state index contributed by atoms with van der Waals surface area (Å²) in [6.07, 6.45) is 2.54. The van der Waals surface area contributed by atoms with Crippen LogP contribution in [0.4, 0.5) is 0 Å². The largest absolute Gasteiger partial charge is 0.465 e. The Balaban J connectivity index is 2.52. The third-order valence-corrected chi connectivity index (χ3v) is 4.71. The molecule has 0 aliphatic heterocycles. The summed E-state index contributed by atoms with van der Waals surface area (Å²) in [4.78, 5) is 36.9. The number of hydrogen-bond donors (Lipinski definition) is 0. The highest BCUT2D eigenvalue weighted by Gasteiger charge is 2.31. The third kappa shape index (κ3) is 2.80.